The molecule has 18 heavy (non-hydrogen) atoms. The normalized spacial score (nSPS) is 10.5. The first-order valence-electron chi connectivity index (χ1n) is 5.22. The molecule has 1 aromatic rings. The number of hydrogen-bond donors (Lipinski definition) is 2. The molecule has 3 N–H and O–H groups in total. The molecule has 0 amide bonds. The van der Waals surface area contributed by atoms with Gasteiger partial charge in [0.15, 0.2) is 0 Å². The molecular weight excluding hydrogens is 274 g/mol. The summed E-state index contributed by atoms with van der Waals surface area (Å²) in [6, 6.07) is 6.45. The molecule has 7 heteroatoms. The number of halogens is 1. The van der Waals surface area contributed by atoms with Crippen molar-refractivity contribution in [2.75, 3.05) is 13.1 Å². The summed E-state index contributed by atoms with van der Waals surface area (Å²) in [5, 5.41) is 8.70. The second-order valence-corrected chi connectivity index (χ2v) is 5.37. The van der Waals surface area contributed by atoms with E-state index in [0.29, 0.717) is 30.6 Å². The fourth-order valence-corrected chi connectivity index (χ4v) is 2.71. The molecule has 0 heterocycles. The molecular formula is C11H16ClN3O2S. The van der Waals surface area contributed by atoms with Gasteiger partial charge < -0.3 is 5.73 Å². The zero-order valence-electron chi connectivity index (χ0n) is 10.0. The number of rotatable bonds is 5. The largest absolute Gasteiger partial charge is 0.330 e. The lowest BCUT2D eigenvalue weighted by Gasteiger charge is -2.08. The average Bonchev–Trinajstić information content (AvgIpc) is 2.28. The van der Waals surface area contributed by atoms with E-state index in [1.54, 1.807) is 13.0 Å². The number of nitrogens with zero attached hydrogens (tertiary/aromatic N) is 1. The molecule has 0 aliphatic carbocycles. The summed E-state index contributed by atoms with van der Waals surface area (Å²) >= 11 is 0. The fourth-order valence-electron chi connectivity index (χ4n) is 1.41. The van der Waals surface area contributed by atoms with Crippen LogP contribution >= 0.6 is 12.4 Å². The van der Waals surface area contributed by atoms with E-state index in [2.05, 4.69) is 4.72 Å². The van der Waals surface area contributed by atoms with Gasteiger partial charge in [0.2, 0.25) is 10.0 Å². The van der Waals surface area contributed by atoms with Gasteiger partial charge in [-0.1, -0.05) is 0 Å². The summed E-state index contributed by atoms with van der Waals surface area (Å²) in [7, 11) is -3.50. The van der Waals surface area contributed by atoms with Gasteiger partial charge in [-0.25, -0.2) is 13.1 Å². The van der Waals surface area contributed by atoms with Gasteiger partial charge in [0.05, 0.1) is 16.5 Å². The Hall–Kier alpha value is -1.13. The summed E-state index contributed by atoms with van der Waals surface area (Å²) in [5.41, 5.74) is 6.30. The van der Waals surface area contributed by atoms with Gasteiger partial charge in [0.25, 0.3) is 0 Å². The molecule has 0 spiro atoms. The van der Waals surface area contributed by atoms with Crippen LogP contribution < -0.4 is 10.5 Å². The fraction of sp³-hybridized carbons (Fsp3) is 0.364. The highest BCUT2D eigenvalue weighted by atomic mass is 35.5. The maximum Gasteiger partial charge on any atom is 0.240 e. The first-order valence-corrected chi connectivity index (χ1v) is 6.70. The minimum atomic E-state index is -3.50. The van der Waals surface area contributed by atoms with Gasteiger partial charge in [0, 0.05) is 6.54 Å². The zero-order chi connectivity index (χ0) is 12.9. The molecule has 0 radical (unpaired) electrons. The van der Waals surface area contributed by atoms with Gasteiger partial charge in [0.1, 0.15) is 0 Å². The van der Waals surface area contributed by atoms with Gasteiger partial charge in [-0.15, -0.1) is 12.4 Å². The Morgan fingerprint density at radius 1 is 1.44 bits per heavy atom. The Balaban J connectivity index is 0.00000289. The van der Waals surface area contributed by atoms with E-state index in [1.165, 1.54) is 12.1 Å². The Morgan fingerprint density at radius 3 is 2.61 bits per heavy atom. The SMILES string of the molecule is Cc1cc(C#N)ccc1S(=O)(=O)NCCCN.Cl. The number of nitrogens with two attached hydrogens (primary N) is 1. The molecule has 0 aromatic heterocycles. The molecule has 0 bridgehead atoms. The van der Waals surface area contributed by atoms with E-state index < -0.39 is 10.0 Å². The van der Waals surface area contributed by atoms with Crippen molar-refractivity contribution in [2.24, 2.45) is 5.73 Å². The summed E-state index contributed by atoms with van der Waals surface area (Å²) in [5.74, 6) is 0. The summed E-state index contributed by atoms with van der Waals surface area (Å²) in [6.45, 7) is 2.42. The first kappa shape index (κ1) is 16.9. The predicted molar refractivity (Wildman–Crippen MR) is 72.0 cm³/mol. The van der Waals surface area contributed by atoms with E-state index in [1.807, 2.05) is 6.07 Å². The first-order chi connectivity index (χ1) is 8.01. The molecule has 5 nitrogen and oxygen atoms in total. The molecule has 0 saturated carbocycles. The topological polar surface area (TPSA) is 96.0 Å². The summed E-state index contributed by atoms with van der Waals surface area (Å²) in [6.07, 6.45) is 0.592. The number of benzene rings is 1. The van der Waals surface area contributed by atoms with Crippen LogP contribution in [-0.2, 0) is 10.0 Å². The zero-order valence-corrected chi connectivity index (χ0v) is 11.6. The Bertz CT molecular complexity index is 538. The van der Waals surface area contributed by atoms with Crippen LogP contribution in [0.2, 0.25) is 0 Å². The van der Waals surface area contributed by atoms with E-state index >= 15 is 0 Å². The smallest absolute Gasteiger partial charge is 0.240 e. The van der Waals surface area contributed by atoms with Crippen LogP contribution in [0, 0.1) is 18.3 Å². The van der Waals surface area contributed by atoms with Crippen LogP contribution in [-0.4, -0.2) is 21.5 Å². The molecule has 0 unspecified atom stereocenters. The van der Waals surface area contributed by atoms with Crippen molar-refractivity contribution in [3.05, 3.63) is 29.3 Å². The molecule has 0 aliphatic rings. The van der Waals surface area contributed by atoms with Crippen LogP contribution in [0.25, 0.3) is 0 Å². The summed E-state index contributed by atoms with van der Waals surface area (Å²) in [4.78, 5) is 0.202. The maximum absolute atomic E-state index is 11.9. The van der Waals surface area contributed by atoms with Crippen molar-refractivity contribution in [1.82, 2.24) is 4.72 Å². The molecule has 1 aromatic carbocycles. The van der Waals surface area contributed by atoms with Gasteiger partial charge in [-0.05, 0) is 43.7 Å². The molecule has 0 saturated heterocycles. The lowest BCUT2D eigenvalue weighted by atomic mass is 10.2. The monoisotopic (exact) mass is 289 g/mol. The van der Waals surface area contributed by atoms with Gasteiger partial charge in [-0.3, -0.25) is 0 Å². The third kappa shape index (κ3) is 4.27. The molecule has 0 aliphatic heterocycles. The lowest BCUT2D eigenvalue weighted by molar-refractivity contribution is 0.579. The van der Waals surface area contributed by atoms with Gasteiger partial charge in [-0.2, -0.15) is 5.26 Å². The lowest BCUT2D eigenvalue weighted by Crippen LogP contribution is -2.26. The second kappa shape index (κ2) is 7.34. The molecule has 0 atom stereocenters. The maximum atomic E-state index is 11.9. The third-order valence-corrected chi connectivity index (χ3v) is 3.89. The minimum Gasteiger partial charge on any atom is -0.330 e. The molecule has 0 fully saturated rings. The van der Waals surface area contributed by atoms with Crippen molar-refractivity contribution in [1.29, 1.82) is 5.26 Å². The van der Waals surface area contributed by atoms with Crippen LogP contribution in [0.5, 0.6) is 0 Å². The minimum absolute atomic E-state index is 0. The number of nitriles is 1. The van der Waals surface area contributed by atoms with E-state index in [9.17, 15) is 8.42 Å². The summed E-state index contributed by atoms with van der Waals surface area (Å²) < 4.78 is 26.2. The number of nitrogens with one attached hydrogen (secondary N) is 1. The van der Waals surface area contributed by atoms with Crippen molar-refractivity contribution < 1.29 is 8.42 Å². The van der Waals surface area contributed by atoms with Crippen LogP contribution in [0.4, 0.5) is 0 Å². The molecule has 1 rings (SSSR count). The van der Waals surface area contributed by atoms with Crippen LogP contribution in [0.1, 0.15) is 17.5 Å². The Labute approximate surface area is 113 Å². The van der Waals surface area contributed by atoms with E-state index in [0.717, 1.165) is 0 Å². The van der Waals surface area contributed by atoms with Crippen molar-refractivity contribution in [3.63, 3.8) is 0 Å². The van der Waals surface area contributed by atoms with Crippen molar-refractivity contribution in [3.8, 4) is 6.07 Å². The number of hydrogen-bond acceptors (Lipinski definition) is 4. The van der Waals surface area contributed by atoms with E-state index in [-0.39, 0.29) is 17.3 Å². The quantitative estimate of drug-likeness (QED) is 0.788. The van der Waals surface area contributed by atoms with E-state index in [4.69, 9.17) is 11.0 Å². The predicted octanol–water partition coefficient (Wildman–Crippen LogP) is 0.916. The highest BCUT2D eigenvalue weighted by Gasteiger charge is 2.15. The van der Waals surface area contributed by atoms with Crippen molar-refractivity contribution in [2.45, 2.75) is 18.2 Å². The number of sulfonamides is 1. The third-order valence-electron chi connectivity index (χ3n) is 2.27. The van der Waals surface area contributed by atoms with Crippen LogP contribution in [0.15, 0.2) is 23.1 Å². The Morgan fingerprint density at radius 2 is 2.11 bits per heavy atom. The Kier molecular flexibility index (Phi) is 6.88. The number of aryl methyl sites for hydroxylation is 1. The highest BCUT2D eigenvalue weighted by Crippen LogP contribution is 2.16. The highest BCUT2D eigenvalue weighted by molar-refractivity contribution is 7.89. The van der Waals surface area contributed by atoms with Gasteiger partial charge >= 0.3 is 0 Å². The second-order valence-electron chi connectivity index (χ2n) is 3.63. The molecule has 100 valence electrons. The standard InChI is InChI=1S/C11H15N3O2S.ClH/c1-9-7-10(8-13)3-4-11(9)17(15,16)14-6-2-5-12;/h3-4,7,14H,2,5-6,12H2,1H3;1H. The average molecular weight is 290 g/mol. The van der Waals surface area contributed by atoms with Crippen molar-refractivity contribution >= 4 is 22.4 Å². The van der Waals surface area contributed by atoms with Crippen LogP contribution in [0.3, 0.4) is 0 Å².